The average Bonchev–Trinajstić information content (AvgIpc) is 2.71. The molecule has 0 saturated carbocycles. The van der Waals surface area contributed by atoms with Gasteiger partial charge in [-0.15, -0.1) is 0 Å². The molecule has 0 heterocycles. The molecule has 1 rings (SSSR count). The number of carbonyl (C=O) groups excluding carboxylic acids is 3. The molecular formula is C18H20F6N2O7. The van der Waals surface area contributed by atoms with Crippen LogP contribution in [0.15, 0.2) is 24.3 Å². The molecule has 3 N–H and O–H groups in total. The summed E-state index contributed by atoms with van der Waals surface area (Å²) in [6.45, 7) is 1.62. The van der Waals surface area contributed by atoms with E-state index in [0.29, 0.717) is 31.4 Å². The van der Waals surface area contributed by atoms with E-state index in [1.807, 2.05) is 0 Å². The Morgan fingerprint density at radius 3 is 1.79 bits per heavy atom. The van der Waals surface area contributed by atoms with E-state index in [9.17, 15) is 45.8 Å². The van der Waals surface area contributed by atoms with Crippen molar-refractivity contribution in [2.24, 2.45) is 0 Å². The van der Waals surface area contributed by atoms with Crippen LogP contribution in [-0.2, 0) is 29.4 Å². The van der Waals surface area contributed by atoms with Crippen molar-refractivity contribution in [1.82, 2.24) is 5.32 Å². The first-order valence-corrected chi connectivity index (χ1v) is 9.05. The van der Waals surface area contributed by atoms with Gasteiger partial charge in [0.1, 0.15) is 0 Å². The van der Waals surface area contributed by atoms with E-state index in [-0.39, 0.29) is 6.61 Å². The standard InChI is InChI=1S/C18H20F6N2O7/c1-4-32-13(28)16(18(22,23)24,26-14(29)33-5-2)25-11-8-6-10(7-9-11)15(30,12(27)31-3)17(19,20)21/h6-9,25,30H,4-5H2,1-3H3,(H,26,29)/t15-,16+/m0/s1. The Balaban J connectivity index is 3.51. The van der Waals surface area contributed by atoms with Crippen molar-refractivity contribution < 1.29 is 60.0 Å². The summed E-state index contributed by atoms with van der Waals surface area (Å²) in [7, 11) is 0.590. The maximum atomic E-state index is 13.9. The molecule has 0 spiro atoms. The zero-order valence-corrected chi connectivity index (χ0v) is 17.4. The molecule has 2 atom stereocenters. The number of halogens is 6. The minimum Gasteiger partial charge on any atom is -0.466 e. The van der Waals surface area contributed by atoms with E-state index in [1.165, 1.54) is 19.2 Å². The predicted molar refractivity (Wildman–Crippen MR) is 97.6 cm³/mol. The van der Waals surface area contributed by atoms with Crippen LogP contribution in [0.1, 0.15) is 19.4 Å². The third-order valence-corrected chi connectivity index (χ3v) is 4.10. The normalized spacial score (nSPS) is 15.5. The molecule has 0 bridgehead atoms. The molecule has 9 nitrogen and oxygen atoms in total. The Kier molecular flexibility index (Phi) is 8.55. The highest BCUT2D eigenvalue weighted by molar-refractivity contribution is 5.89. The molecule has 15 heteroatoms. The Morgan fingerprint density at radius 1 is 0.879 bits per heavy atom. The van der Waals surface area contributed by atoms with E-state index >= 15 is 0 Å². The van der Waals surface area contributed by atoms with Gasteiger partial charge in [0, 0.05) is 11.3 Å². The lowest BCUT2D eigenvalue weighted by atomic mass is 9.93. The number of benzene rings is 1. The van der Waals surface area contributed by atoms with Crippen LogP contribution in [-0.4, -0.2) is 61.5 Å². The number of methoxy groups -OCH3 is 1. The third kappa shape index (κ3) is 5.58. The first-order valence-electron chi connectivity index (χ1n) is 9.05. The largest absolute Gasteiger partial charge is 0.466 e. The first-order chi connectivity index (χ1) is 15.1. The second kappa shape index (κ2) is 10.1. The monoisotopic (exact) mass is 490 g/mol. The molecule has 33 heavy (non-hydrogen) atoms. The van der Waals surface area contributed by atoms with Gasteiger partial charge in [0.2, 0.25) is 0 Å². The number of rotatable bonds is 8. The first kappa shape index (κ1) is 27.8. The number of esters is 2. The highest BCUT2D eigenvalue weighted by Crippen LogP contribution is 2.41. The maximum absolute atomic E-state index is 13.9. The van der Waals surface area contributed by atoms with E-state index in [2.05, 4.69) is 14.2 Å². The molecule has 0 aliphatic carbocycles. The van der Waals surface area contributed by atoms with Crippen LogP contribution in [0.4, 0.5) is 36.8 Å². The van der Waals surface area contributed by atoms with Crippen LogP contribution in [0, 0.1) is 0 Å². The van der Waals surface area contributed by atoms with Crippen molar-refractivity contribution in [1.29, 1.82) is 0 Å². The smallest absolute Gasteiger partial charge is 0.442 e. The van der Waals surface area contributed by atoms with Crippen molar-refractivity contribution >= 4 is 23.7 Å². The number of anilines is 1. The van der Waals surface area contributed by atoms with Crippen molar-refractivity contribution in [2.75, 3.05) is 25.6 Å². The molecule has 1 aromatic rings. The lowest BCUT2D eigenvalue weighted by Gasteiger charge is -2.35. The Morgan fingerprint density at radius 2 is 1.39 bits per heavy atom. The number of alkyl carbamates (subject to hydrolysis) is 1. The fourth-order valence-corrected chi connectivity index (χ4v) is 2.51. The fourth-order valence-electron chi connectivity index (χ4n) is 2.51. The van der Waals surface area contributed by atoms with Gasteiger partial charge in [0.15, 0.2) is 0 Å². The van der Waals surface area contributed by atoms with E-state index in [0.717, 1.165) is 0 Å². The van der Waals surface area contributed by atoms with Crippen molar-refractivity contribution in [3.63, 3.8) is 0 Å². The fraction of sp³-hybridized carbons (Fsp3) is 0.500. The molecule has 0 saturated heterocycles. The quantitative estimate of drug-likeness (QED) is 0.220. The number of carbonyl (C=O) groups is 3. The molecule has 0 aliphatic rings. The lowest BCUT2D eigenvalue weighted by Crippen LogP contribution is -2.69. The predicted octanol–water partition coefficient (Wildman–Crippen LogP) is 2.59. The van der Waals surface area contributed by atoms with Crippen LogP contribution >= 0.6 is 0 Å². The van der Waals surface area contributed by atoms with Gasteiger partial charge in [-0.1, -0.05) is 12.1 Å². The minimum absolute atomic E-state index is 0.346. The van der Waals surface area contributed by atoms with Crippen molar-refractivity contribution in [2.45, 2.75) is 37.5 Å². The van der Waals surface area contributed by atoms with Gasteiger partial charge in [-0.05, 0) is 26.0 Å². The van der Waals surface area contributed by atoms with Crippen LogP contribution in [0.5, 0.6) is 0 Å². The molecule has 186 valence electrons. The molecule has 0 aromatic heterocycles. The van der Waals surface area contributed by atoms with Gasteiger partial charge < -0.3 is 24.6 Å². The maximum Gasteiger partial charge on any atom is 0.442 e. The van der Waals surface area contributed by atoms with Gasteiger partial charge in [-0.25, -0.2) is 14.4 Å². The Hall–Kier alpha value is -3.23. The summed E-state index contributed by atoms with van der Waals surface area (Å²) in [5, 5.41) is 12.9. The molecule has 1 aromatic carbocycles. The van der Waals surface area contributed by atoms with Crippen LogP contribution < -0.4 is 10.6 Å². The van der Waals surface area contributed by atoms with Gasteiger partial charge in [-0.2, -0.15) is 26.3 Å². The van der Waals surface area contributed by atoms with Crippen LogP contribution in [0.2, 0.25) is 0 Å². The van der Waals surface area contributed by atoms with Gasteiger partial charge in [0.05, 0.1) is 20.3 Å². The number of ether oxygens (including phenoxy) is 3. The summed E-state index contributed by atoms with van der Waals surface area (Å²) >= 11 is 0. The number of nitrogens with one attached hydrogen (secondary N) is 2. The molecule has 0 aliphatic heterocycles. The highest BCUT2D eigenvalue weighted by Gasteiger charge is 2.64. The van der Waals surface area contributed by atoms with Gasteiger partial charge >= 0.3 is 36.0 Å². The van der Waals surface area contributed by atoms with Crippen LogP contribution in [0.3, 0.4) is 0 Å². The summed E-state index contributed by atoms with van der Waals surface area (Å²) in [6.07, 6.45) is -12.7. The third-order valence-electron chi connectivity index (χ3n) is 4.10. The molecular weight excluding hydrogens is 470 g/mol. The summed E-state index contributed by atoms with van der Waals surface area (Å²) in [5.41, 5.74) is -9.74. The number of amides is 1. The Labute approximate surface area is 183 Å². The molecule has 0 fully saturated rings. The van der Waals surface area contributed by atoms with E-state index in [4.69, 9.17) is 0 Å². The van der Waals surface area contributed by atoms with E-state index < -0.39 is 59.5 Å². The molecule has 0 unspecified atom stereocenters. The van der Waals surface area contributed by atoms with E-state index in [1.54, 1.807) is 5.32 Å². The lowest BCUT2D eigenvalue weighted by molar-refractivity contribution is -0.266. The summed E-state index contributed by atoms with van der Waals surface area (Å²) in [5.74, 6) is -4.08. The van der Waals surface area contributed by atoms with Gasteiger partial charge in [0.25, 0.3) is 5.60 Å². The number of alkyl halides is 6. The summed E-state index contributed by atoms with van der Waals surface area (Å²) < 4.78 is 94.5. The summed E-state index contributed by atoms with van der Waals surface area (Å²) in [6, 6.07) is 2.15. The van der Waals surface area contributed by atoms with Crippen LogP contribution in [0.25, 0.3) is 0 Å². The minimum atomic E-state index is -5.54. The zero-order chi connectivity index (χ0) is 25.7. The number of hydrogen-bond acceptors (Lipinski definition) is 8. The van der Waals surface area contributed by atoms with Crippen molar-refractivity contribution in [3.8, 4) is 0 Å². The SMILES string of the molecule is CCOC(=O)N[C@](Nc1ccc([C@](O)(C(=O)OC)C(F)(F)F)cc1)(C(=O)OCC)C(F)(F)F. The Bertz CT molecular complexity index is 859. The second-order valence-corrected chi connectivity index (χ2v) is 6.22. The molecule has 1 amide bonds. The number of aliphatic hydroxyl groups is 1. The number of hydrogen-bond donors (Lipinski definition) is 3. The zero-order valence-electron chi connectivity index (χ0n) is 17.4. The van der Waals surface area contributed by atoms with Gasteiger partial charge in [-0.3, -0.25) is 5.32 Å². The second-order valence-electron chi connectivity index (χ2n) is 6.22. The topological polar surface area (TPSA) is 123 Å². The highest BCUT2D eigenvalue weighted by atomic mass is 19.4. The average molecular weight is 490 g/mol. The van der Waals surface area contributed by atoms with Crippen molar-refractivity contribution in [3.05, 3.63) is 29.8 Å². The molecule has 0 radical (unpaired) electrons. The summed E-state index contributed by atoms with van der Waals surface area (Å²) in [4.78, 5) is 35.5.